The van der Waals surface area contributed by atoms with Crippen LogP contribution in [0.4, 0.5) is 4.39 Å². The molecule has 1 amide bonds. The average molecular weight is 454 g/mol. The Balaban J connectivity index is 1.12. The molecule has 2 fully saturated rings. The van der Waals surface area contributed by atoms with Crippen molar-refractivity contribution >= 4 is 5.91 Å². The maximum absolute atomic E-state index is 15.0. The van der Waals surface area contributed by atoms with Gasteiger partial charge in [0.05, 0.1) is 19.8 Å². The van der Waals surface area contributed by atoms with Crippen molar-refractivity contribution in [2.24, 2.45) is 5.92 Å². The molecule has 0 radical (unpaired) electrons. The smallest absolute Gasteiger partial charge is 0.239 e. The van der Waals surface area contributed by atoms with Crippen molar-refractivity contribution in [3.05, 3.63) is 64.7 Å². The van der Waals surface area contributed by atoms with E-state index in [9.17, 15) is 9.18 Å². The van der Waals surface area contributed by atoms with Gasteiger partial charge in [-0.15, -0.1) is 0 Å². The van der Waals surface area contributed by atoms with Gasteiger partial charge in [-0.2, -0.15) is 0 Å². The molecule has 2 aromatic rings. The molecular weight excluding hydrogens is 421 g/mol. The highest BCUT2D eigenvalue weighted by Gasteiger charge is 2.27. The summed E-state index contributed by atoms with van der Waals surface area (Å²) in [6, 6.07) is 13.7. The molecule has 1 saturated carbocycles. The Kier molecular flexibility index (Phi) is 6.90. The van der Waals surface area contributed by atoms with Crippen molar-refractivity contribution < 1.29 is 18.7 Å². The summed E-state index contributed by atoms with van der Waals surface area (Å²) in [6.07, 6.45) is 1.48. The van der Waals surface area contributed by atoms with Crippen LogP contribution < -0.4 is 15.4 Å². The molecule has 0 bridgehead atoms. The van der Waals surface area contributed by atoms with Gasteiger partial charge in [-0.1, -0.05) is 30.3 Å². The van der Waals surface area contributed by atoms with Crippen LogP contribution in [0.2, 0.25) is 0 Å². The van der Waals surface area contributed by atoms with Gasteiger partial charge in [0.15, 0.2) is 0 Å². The Hall–Kier alpha value is -2.48. The fourth-order valence-electron chi connectivity index (χ4n) is 4.41. The van der Waals surface area contributed by atoms with Crippen LogP contribution in [-0.4, -0.2) is 49.8 Å². The molecule has 0 aromatic heterocycles. The highest BCUT2D eigenvalue weighted by atomic mass is 19.1. The first kappa shape index (κ1) is 22.3. The fourth-order valence-corrected chi connectivity index (χ4v) is 4.41. The summed E-state index contributed by atoms with van der Waals surface area (Å²) in [7, 11) is 0. The second kappa shape index (κ2) is 10.2. The summed E-state index contributed by atoms with van der Waals surface area (Å²) in [5.41, 5.74) is 3.97. The molecule has 1 saturated heterocycles. The van der Waals surface area contributed by atoms with E-state index >= 15 is 0 Å². The van der Waals surface area contributed by atoms with Crippen LogP contribution in [0.15, 0.2) is 42.5 Å². The normalized spacial score (nSPS) is 23.1. The van der Waals surface area contributed by atoms with Crippen LogP contribution in [0, 0.1) is 5.92 Å². The highest BCUT2D eigenvalue weighted by molar-refractivity contribution is 5.81. The van der Waals surface area contributed by atoms with E-state index in [1.807, 2.05) is 30.3 Å². The number of hydrogen-bond acceptors (Lipinski definition) is 5. The van der Waals surface area contributed by atoms with Crippen LogP contribution in [0.3, 0.4) is 0 Å². The van der Waals surface area contributed by atoms with E-state index in [1.165, 1.54) is 12.8 Å². The Morgan fingerprint density at radius 3 is 2.76 bits per heavy atom. The predicted octanol–water partition coefficient (Wildman–Crippen LogP) is 3.11. The van der Waals surface area contributed by atoms with Gasteiger partial charge in [0.2, 0.25) is 5.91 Å². The van der Waals surface area contributed by atoms with Crippen molar-refractivity contribution in [1.82, 2.24) is 15.5 Å². The molecule has 7 heteroatoms. The second-order valence-corrected chi connectivity index (χ2v) is 9.37. The molecule has 0 spiro atoms. The number of benzene rings is 2. The number of morpholine rings is 1. The van der Waals surface area contributed by atoms with Crippen molar-refractivity contribution in [3.8, 4) is 5.75 Å². The number of halogens is 1. The number of nitrogens with one attached hydrogen (secondary N) is 2. The first-order valence-electron chi connectivity index (χ1n) is 11.9. The van der Waals surface area contributed by atoms with Crippen molar-refractivity contribution in [2.45, 2.75) is 44.7 Å². The van der Waals surface area contributed by atoms with Crippen molar-refractivity contribution in [3.63, 3.8) is 0 Å². The SMILES string of the molecule is O=C(NCc1ccc(CN2Cc3ccc(OCC4CC4)cc3C(F)C2)cc1)C1COCCN1. The zero-order valence-electron chi connectivity index (χ0n) is 18.9. The molecule has 2 aromatic carbocycles. The van der Waals surface area contributed by atoms with Gasteiger partial charge < -0.3 is 20.1 Å². The lowest BCUT2D eigenvalue weighted by Crippen LogP contribution is -2.51. The largest absolute Gasteiger partial charge is 0.493 e. The molecule has 1 aliphatic carbocycles. The van der Waals surface area contributed by atoms with Crippen molar-refractivity contribution in [2.75, 3.05) is 32.9 Å². The van der Waals surface area contributed by atoms with Crippen LogP contribution in [-0.2, 0) is 29.2 Å². The Morgan fingerprint density at radius 1 is 1.18 bits per heavy atom. The topological polar surface area (TPSA) is 62.8 Å². The number of carbonyl (C=O) groups is 1. The quantitative estimate of drug-likeness (QED) is 0.643. The third-order valence-corrected chi connectivity index (χ3v) is 6.58. The molecule has 2 atom stereocenters. The molecule has 33 heavy (non-hydrogen) atoms. The number of fused-ring (bicyclic) bond motifs is 1. The summed E-state index contributed by atoms with van der Waals surface area (Å²) >= 11 is 0. The molecule has 3 aliphatic rings. The van der Waals surface area contributed by atoms with Gasteiger partial charge in [0.25, 0.3) is 0 Å². The minimum Gasteiger partial charge on any atom is -0.493 e. The number of carbonyl (C=O) groups excluding carboxylic acids is 1. The number of amides is 1. The standard InChI is InChI=1S/C26H32FN3O3/c27-24-15-30(14-21-7-8-22(11-23(21)24)33-16-20-5-6-20)13-19-3-1-18(2-4-19)12-29-26(31)25-17-32-10-9-28-25/h1-4,7-8,11,20,24-25,28H,5-6,9-10,12-17H2,(H,29,31). The summed E-state index contributed by atoms with van der Waals surface area (Å²) in [5.74, 6) is 1.43. The Labute approximate surface area is 194 Å². The van der Waals surface area contributed by atoms with E-state index in [0.29, 0.717) is 45.3 Å². The van der Waals surface area contributed by atoms with E-state index in [-0.39, 0.29) is 11.9 Å². The monoisotopic (exact) mass is 453 g/mol. The number of hydrogen-bond donors (Lipinski definition) is 2. The van der Waals surface area contributed by atoms with Gasteiger partial charge in [-0.05, 0) is 53.1 Å². The molecule has 2 N–H and O–H groups in total. The number of rotatable bonds is 8. The van der Waals surface area contributed by atoms with E-state index in [4.69, 9.17) is 9.47 Å². The van der Waals surface area contributed by atoms with E-state index in [1.54, 1.807) is 0 Å². The van der Waals surface area contributed by atoms with Gasteiger partial charge in [0, 0.05) is 32.7 Å². The van der Waals surface area contributed by atoms with E-state index in [0.717, 1.165) is 41.2 Å². The summed E-state index contributed by atoms with van der Waals surface area (Å²) in [6.45, 7) is 4.78. The van der Waals surface area contributed by atoms with Gasteiger partial charge >= 0.3 is 0 Å². The minimum atomic E-state index is -1.01. The lowest BCUT2D eigenvalue weighted by atomic mass is 9.97. The van der Waals surface area contributed by atoms with Crippen LogP contribution >= 0.6 is 0 Å². The van der Waals surface area contributed by atoms with Crippen molar-refractivity contribution in [1.29, 1.82) is 0 Å². The van der Waals surface area contributed by atoms with Gasteiger partial charge in [-0.3, -0.25) is 9.69 Å². The number of alkyl halides is 1. The Morgan fingerprint density at radius 2 is 2.00 bits per heavy atom. The zero-order valence-corrected chi connectivity index (χ0v) is 18.9. The minimum absolute atomic E-state index is 0.0409. The van der Waals surface area contributed by atoms with E-state index < -0.39 is 6.17 Å². The first-order valence-corrected chi connectivity index (χ1v) is 11.9. The Bertz CT molecular complexity index is 958. The lowest BCUT2D eigenvalue weighted by molar-refractivity contribution is -0.126. The zero-order chi connectivity index (χ0) is 22.6. The second-order valence-electron chi connectivity index (χ2n) is 9.37. The van der Waals surface area contributed by atoms with Crippen LogP contribution in [0.25, 0.3) is 0 Å². The predicted molar refractivity (Wildman–Crippen MR) is 124 cm³/mol. The highest BCUT2D eigenvalue weighted by Crippen LogP contribution is 2.34. The molecule has 6 nitrogen and oxygen atoms in total. The third kappa shape index (κ3) is 5.91. The first-order chi connectivity index (χ1) is 16.1. The lowest BCUT2D eigenvalue weighted by Gasteiger charge is -2.31. The average Bonchev–Trinajstić information content (AvgIpc) is 3.67. The molecule has 2 heterocycles. The third-order valence-electron chi connectivity index (χ3n) is 6.58. The van der Waals surface area contributed by atoms with Crippen LogP contribution in [0.5, 0.6) is 5.75 Å². The molecule has 5 rings (SSSR count). The number of ether oxygens (including phenoxy) is 2. The van der Waals surface area contributed by atoms with Gasteiger partial charge in [-0.25, -0.2) is 4.39 Å². The maximum Gasteiger partial charge on any atom is 0.239 e. The molecule has 2 unspecified atom stereocenters. The van der Waals surface area contributed by atoms with Gasteiger partial charge in [0.1, 0.15) is 18.0 Å². The molecule has 2 aliphatic heterocycles. The maximum atomic E-state index is 15.0. The summed E-state index contributed by atoms with van der Waals surface area (Å²) in [4.78, 5) is 14.4. The number of nitrogens with zero attached hydrogens (tertiary/aromatic N) is 1. The molecular formula is C26H32FN3O3. The van der Waals surface area contributed by atoms with E-state index in [2.05, 4.69) is 27.7 Å². The van der Waals surface area contributed by atoms with Crippen LogP contribution in [0.1, 0.15) is 41.3 Å². The fraction of sp³-hybridized carbons (Fsp3) is 0.500. The summed E-state index contributed by atoms with van der Waals surface area (Å²) < 4.78 is 26.1. The summed E-state index contributed by atoms with van der Waals surface area (Å²) in [5, 5.41) is 6.11. The molecule has 176 valence electrons.